The summed E-state index contributed by atoms with van der Waals surface area (Å²) in [5.41, 5.74) is 1.66. The molecule has 1 aromatic carbocycles. The standard InChI is InChI=1S/C19H23N3O4/c1-24-17-3-2-15(22-19(23)11-16-13-25-9-8-21-16)10-18(17)26-12-14-4-6-20-7-5-14/h2-7,10,16,21H,8-9,11-13H2,1H3,(H,22,23). The highest BCUT2D eigenvalue weighted by Crippen LogP contribution is 2.31. The second-order valence-electron chi connectivity index (χ2n) is 5.99. The van der Waals surface area contributed by atoms with E-state index in [2.05, 4.69) is 15.6 Å². The minimum atomic E-state index is -0.0711. The van der Waals surface area contributed by atoms with E-state index in [9.17, 15) is 4.79 Å². The SMILES string of the molecule is COc1ccc(NC(=O)CC2COCCN2)cc1OCc1ccncc1. The lowest BCUT2D eigenvalue weighted by molar-refractivity contribution is -0.117. The van der Waals surface area contributed by atoms with Crippen LogP contribution in [0.4, 0.5) is 5.69 Å². The van der Waals surface area contributed by atoms with Crippen LogP contribution in [0.1, 0.15) is 12.0 Å². The van der Waals surface area contributed by atoms with Gasteiger partial charge in [-0.2, -0.15) is 0 Å². The summed E-state index contributed by atoms with van der Waals surface area (Å²) in [5.74, 6) is 1.11. The summed E-state index contributed by atoms with van der Waals surface area (Å²) in [6.07, 6.45) is 3.80. The molecule has 1 fully saturated rings. The quantitative estimate of drug-likeness (QED) is 0.789. The zero-order valence-electron chi connectivity index (χ0n) is 14.7. The highest BCUT2D eigenvalue weighted by Gasteiger charge is 2.17. The van der Waals surface area contributed by atoms with Gasteiger partial charge >= 0.3 is 0 Å². The fourth-order valence-electron chi connectivity index (χ4n) is 2.69. The van der Waals surface area contributed by atoms with E-state index < -0.39 is 0 Å². The number of hydrogen-bond donors (Lipinski definition) is 2. The molecule has 2 heterocycles. The van der Waals surface area contributed by atoms with Crippen molar-refractivity contribution in [2.24, 2.45) is 0 Å². The van der Waals surface area contributed by atoms with Gasteiger partial charge in [0.1, 0.15) is 6.61 Å². The monoisotopic (exact) mass is 357 g/mol. The number of nitrogens with one attached hydrogen (secondary N) is 2. The van der Waals surface area contributed by atoms with E-state index >= 15 is 0 Å². The molecule has 26 heavy (non-hydrogen) atoms. The Kier molecular flexibility index (Phi) is 6.40. The Balaban J connectivity index is 1.61. The number of aromatic nitrogens is 1. The summed E-state index contributed by atoms with van der Waals surface area (Å²) in [5, 5.41) is 6.17. The molecule has 1 amide bonds. The third-order valence-electron chi connectivity index (χ3n) is 4.02. The lowest BCUT2D eigenvalue weighted by Gasteiger charge is -2.23. The van der Waals surface area contributed by atoms with E-state index in [0.717, 1.165) is 12.1 Å². The van der Waals surface area contributed by atoms with E-state index in [-0.39, 0.29) is 11.9 Å². The van der Waals surface area contributed by atoms with Gasteiger partial charge in [0, 0.05) is 43.2 Å². The highest BCUT2D eigenvalue weighted by molar-refractivity contribution is 5.91. The number of rotatable bonds is 7. The summed E-state index contributed by atoms with van der Waals surface area (Å²) in [6.45, 7) is 2.40. The third-order valence-corrected chi connectivity index (χ3v) is 4.02. The number of carbonyl (C=O) groups excluding carboxylic acids is 1. The number of nitrogens with zero attached hydrogens (tertiary/aromatic N) is 1. The van der Waals surface area contributed by atoms with E-state index in [1.54, 1.807) is 37.7 Å². The van der Waals surface area contributed by atoms with Gasteiger partial charge in [0.05, 0.1) is 20.3 Å². The van der Waals surface area contributed by atoms with Crippen LogP contribution in [0.2, 0.25) is 0 Å². The zero-order valence-corrected chi connectivity index (χ0v) is 14.7. The van der Waals surface area contributed by atoms with Crippen molar-refractivity contribution in [1.29, 1.82) is 0 Å². The minimum absolute atomic E-state index is 0.0457. The van der Waals surface area contributed by atoms with E-state index in [0.29, 0.717) is 43.4 Å². The number of benzene rings is 1. The smallest absolute Gasteiger partial charge is 0.226 e. The first-order valence-corrected chi connectivity index (χ1v) is 8.55. The molecular formula is C19H23N3O4. The Morgan fingerprint density at radius 1 is 1.31 bits per heavy atom. The molecule has 1 aliphatic heterocycles. The number of ether oxygens (including phenoxy) is 3. The van der Waals surface area contributed by atoms with Crippen molar-refractivity contribution < 1.29 is 19.0 Å². The van der Waals surface area contributed by atoms with Crippen molar-refractivity contribution in [2.45, 2.75) is 19.1 Å². The number of methoxy groups -OCH3 is 1. The molecule has 2 aromatic rings. The average Bonchev–Trinajstić information content (AvgIpc) is 2.68. The molecule has 0 radical (unpaired) electrons. The molecule has 0 saturated carbocycles. The maximum absolute atomic E-state index is 12.2. The average molecular weight is 357 g/mol. The normalized spacial score (nSPS) is 16.7. The van der Waals surface area contributed by atoms with Crippen molar-refractivity contribution >= 4 is 11.6 Å². The minimum Gasteiger partial charge on any atom is -0.493 e. The van der Waals surface area contributed by atoms with Gasteiger partial charge in [0.25, 0.3) is 0 Å². The van der Waals surface area contributed by atoms with Gasteiger partial charge in [0.15, 0.2) is 11.5 Å². The van der Waals surface area contributed by atoms with Crippen molar-refractivity contribution in [3.8, 4) is 11.5 Å². The van der Waals surface area contributed by atoms with Crippen molar-refractivity contribution in [2.75, 3.05) is 32.2 Å². The summed E-state index contributed by atoms with van der Waals surface area (Å²) in [4.78, 5) is 16.2. The molecule has 1 atom stereocenters. The summed E-state index contributed by atoms with van der Waals surface area (Å²) in [7, 11) is 1.58. The maximum atomic E-state index is 12.2. The van der Waals surface area contributed by atoms with Crippen LogP contribution in [0.5, 0.6) is 11.5 Å². The van der Waals surface area contributed by atoms with Gasteiger partial charge in [0.2, 0.25) is 5.91 Å². The predicted octanol–water partition coefficient (Wildman–Crippen LogP) is 1.99. The van der Waals surface area contributed by atoms with Crippen molar-refractivity contribution in [3.05, 3.63) is 48.3 Å². The van der Waals surface area contributed by atoms with Gasteiger partial charge < -0.3 is 24.8 Å². The molecule has 0 aliphatic carbocycles. The van der Waals surface area contributed by atoms with Crippen LogP contribution in [-0.2, 0) is 16.1 Å². The van der Waals surface area contributed by atoms with Crippen LogP contribution in [0, 0.1) is 0 Å². The topological polar surface area (TPSA) is 81.7 Å². The number of carbonyl (C=O) groups is 1. The second kappa shape index (κ2) is 9.17. The molecule has 7 nitrogen and oxygen atoms in total. The molecule has 1 aliphatic rings. The molecule has 0 bridgehead atoms. The number of pyridine rings is 1. The zero-order chi connectivity index (χ0) is 18.2. The van der Waals surface area contributed by atoms with E-state index in [1.807, 2.05) is 12.1 Å². The fourth-order valence-corrected chi connectivity index (χ4v) is 2.69. The van der Waals surface area contributed by atoms with Crippen LogP contribution in [0.25, 0.3) is 0 Å². The maximum Gasteiger partial charge on any atom is 0.226 e. The predicted molar refractivity (Wildman–Crippen MR) is 97.4 cm³/mol. The number of amides is 1. The van der Waals surface area contributed by atoms with E-state index in [4.69, 9.17) is 14.2 Å². The lowest BCUT2D eigenvalue weighted by Crippen LogP contribution is -2.43. The van der Waals surface area contributed by atoms with Crippen LogP contribution in [-0.4, -0.2) is 43.8 Å². The lowest BCUT2D eigenvalue weighted by atomic mass is 10.2. The Morgan fingerprint density at radius 2 is 2.15 bits per heavy atom. The molecule has 3 rings (SSSR count). The van der Waals surface area contributed by atoms with Gasteiger partial charge in [-0.05, 0) is 29.8 Å². The third kappa shape index (κ3) is 5.18. The molecule has 1 unspecified atom stereocenters. The molecule has 2 N–H and O–H groups in total. The van der Waals surface area contributed by atoms with Crippen LogP contribution in [0.15, 0.2) is 42.7 Å². The Labute approximate surface area is 152 Å². The summed E-state index contributed by atoms with van der Waals surface area (Å²) in [6, 6.07) is 9.15. The van der Waals surface area contributed by atoms with Crippen molar-refractivity contribution in [1.82, 2.24) is 10.3 Å². The van der Waals surface area contributed by atoms with Crippen LogP contribution >= 0.6 is 0 Å². The van der Waals surface area contributed by atoms with Crippen LogP contribution in [0.3, 0.4) is 0 Å². The summed E-state index contributed by atoms with van der Waals surface area (Å²) < 4.78 is 16.6. The van der Waals surface area contributed by atoms with E-state index in [1.165, 1.54) is 0 Å². The Bertz CT molecular complexity index is 718. The summed E-state index contributed by atoms with van der Waals surface area (Å²) >= 11 is 0. The molecular weight excluding hydrogens is 334 g/mol. The number of anilines is 1. The Morgan fingerprint density at radius 3 is 2.88 bits per heavy atom. The van der Waals surface area contributed by atoms with Gasteiger partial charge in [-0.3, -0.25) is 9.78 Å². The fraction of sp³-hybridized carbons (Fsp3) is 0.368. The first-order valence-electron chi connectivity index (χ1n) is 8.55. The highest BCUT2D eigenvalue weighted by atomic mass is 16.5. The Hall–Kier alpha value is -2.64. The molecule has 138 valence electrons. The molecule has 0 spiro atoms. The molecule has 1 saturated heterocycles. The first-order chi connectivity index (χ1) is 12.7. The van der Waals surface area contributed by atoms with Gasteiger partial charge in [-0.25, -0.2) is 0 Å². The number of hydrogen-bond acceptors (Lipinski definition) is 6. The van der Waals surface area contributed by atoms with Gasteiger partial charge in [-0.15, -0.1) is 0 Å². The van der Waals surface area contributed by atoms with Crippen LogP contribution < -0.4 is 20.1 Å². The molecule has 7 heteroatoms. The first kappa shape index (κ1) is 18.2. The molecule has 1 aromatic heterocycles. The number of morpholine rings is 1. The largest absolute Gasteiger partial charge is 0.493 e. The van der Waals surface area contributed by atoms with Gasteiger partial charge in [-0.1, -0.05) is 0 Å². The van der Waals surface area contributed by atoms with Crippen molar-refractivity contribution in [3.63, 3.8) is 0 Å². The second-order valence-corrected chi connectivity index (χ2v) is 5.99.